The minimum absolute atomic E-state index is 0.227. The Labute approximate surface area is 93.1 Å². The number of pyridine rings is 1. The summed E-state index contributed by atoms with van der Waals surface area (Å²) in [5, 5.41) is 7.00. The molecule has 86 valence electrons. The Morgan fingerprint density at radius 1 is 1.50 bits per heavy atom. The predicted octanol–water partition coefficient (Wildman–Crippen LogP) is 0.521. The van der Waals surface area contributed by atoms with Crippen LogP contribution < -0.4 is 0 Å². The Morgan fingerprint density at radius 2 is 2.25 bits per heavy atom. The van der Waals surface area contributed by atoms with Gasteiger partial charge in [-0.05, 0) is 6.07 Å². The van der Waals surface area contributed by atoms with E-state index in [4.69, 9.17) is 0 Å². The number of aromatic nitrogens is 1. The van der Waals surface area contributed by atoms with Crippen LogP contribution in [0.3, 0.4) is 0 Å². The van der Waals surface area contributed by atoms with Gasteiger partial charge in [0.2, 0.25) is 0 Å². The van der Waals surface area contributed by atoms with Crippen LogP contribution in [-0.2, 0) is 15.4 Å². The van der Waals surface area contributed by atoms with Gasteiger partial charge >= 0.3 is 5.97 Å². The predicted molar refractivity (Wildman–Crippen MR) is 55.3 cm³/mol. The topological polar surface area (TPSA) is 98.0 Å². The molecule has 0 saturated heterocycles. The molecule has 0 bridgehead atoms. The van der Waals surface area contributed by atoms with E-state index in [9.17, 15) is 13.2 Å². The van der Waals surface area contributed by atoms with Gasteiger partial charge in [0, 0.05) is 6.20 Å². The van der Waals surface area contributed by atoms with Crippen molar-refractivity contribution in [1.29, 1.82) is 0 Å². The molecule has 1 aromatic heterocycles. The number of carbonyl (C=O) groups excluding carboxylic acids is 1. The molecule has 0 aliphatic carbocycles. The molecular formula is C8H9N3O4S. The number of ether oxygens (including phenoxy) is 1. The van der Waals surface area contributed by atoms with Gasteiger partial charge in [0.05, 0.1) is 18.9 Å². The first kappa shape index (κ1) is 12.2. The van der Waals surface area contributed by atoms with E-state index < -0.39 is 22.6 Å². The average molecular weight is 243 g/mol. The SMILES string of the molecule is COC(=O)c1cncc(N=NC[SH](=O)=O)c1. The van der Waals surface area contributed by atoms with Gasteiger partial charge in [0.25, 0.3) is 0 Å². The molecule has 0 spiro atoms. The zero-order valence-corrected chi connectivity index (χ0v) is 9.26. The van der Waals surface area contributed by atoms with E-state index in [-0.39, 0.29) is 5.56 Å². The molecule has 0 aliphatic heterocycles. The highest BCUT2D eigenvalue weighted by Crippen LogP contribution is 2.13. The number of methoxy groups -OCH3 is 1. The Hall–Kier alpha value is -1.83. The molecule has 1 heterocycles. The third-order valence-corrected chi connectivity index (χ3v) is 1.87. The van der Waals surface area contributed by atoms with E-state index in [1.54, 1.807) is 0 Å². The minimum Gasteiger partial charge on any atom is -0.465 e. The summed E-state index contributed by atoms with van der Waals surface area (Å²) in [5.41, 5.74) is 0.519. The molecule has 0 atom stereocenters. The van der Waals surface area contributed by atoms with Crippen molar-refractivity contribution >= 4 is 22.4 Å². The first-order valence-corrected chi connectivity index (χ1v) is 5.52. The molecule has 0 amide bonds. The largest absolute Gasteiger partial charge is 0.465 e. The normalized spacial score (nSPS) is 10.9. The summed E-state index contributed by atoms with van der Waals surface area (Å²) in [5.74, 6) is -0.933. The fourth-order valence-electron chi connectivity index (χ4n) is 0.877. The second kappa shape index (κ2) is 5.91. The van der Waals surface area contributed by atoms with Crippen LogP contribution in [0.2, 0.25) is 0 Å². The molecule has 0 unspecified atom stereocenters. The summed E-state index contributed by atoms with van der Waals surface area (Å²) in [6, 6.07) is 1.40. The molecule has 0 saturated carbocycles. The number of rotatable bonds is 4. The summed E-state index contributed by atoms with van der Waals surface area (Å²) < 4.78 is 24.9. The van der Waals surface area contributed by atoms with Gasteiger partial charge in [0.15, 0.2) is 16.6 Å². The van der Waals surface area contributed by atoms with Crippen molar-refractivity contribution in [2.45, 2.75) is 0 Å². The summed E-state index contributed by atoms with van der Waals surface area (Å²) in [6.07, 6.45) is 2.67. The molecule has 0 N–H and O–H groups in total. The standard InChI is InChI=1S/C8H9N3O4S/c1-15-8(12)6-2-7(4-9-3-6)11-10-5-16(13)14/h2-4,16H,5H2,1H3. The zero-order valence-electron chi connectivity index (χ0n) is 8.36. The lowest BCUT2D eigenvalue weighted by Crippen LogP contribution is -2.00. The highest BCUT2D eigenvalue weighted by molar-refractivity contribution is 7.72. The monoisotopic (exact) mass is 243 g/mol. The molecule has 0 fully saturated rings. The molecule has 0 radical (unpaired) electrons. The van der Waals surface area contributed by atoms with Crippen molar-refractivity contribution in [1.82, 2.24) is 4.98 Å². The van der Waals surface area contributed by atoms with Crippen LogP contribution in [0.25, 0.3) is 0 Å². The Kier molecular flexibility index (Phi) is 4.52. The molecule has 1 rings (SSSR count). The van der Waals surface area contributed by atoms with Crippen molar-refractivity contribution < 1.29 is 17.9 Å². The van der Waals surface area contributed by atoms with Crippen LogP contribution in [0.15, 0.2) is 28.7 Å². The van der Waals surface area contributed by atoms with E-state index in [1.807, 2.05) is 0 Å². The van der Waals surface area contributed by atoms with Crippen molar-refractivity contribution in [3.63, 3.8) is 0 Å². The van der Waals surface area contributed by atoms with Crippen molar-refractivity contribution in [2.24, 2.45) is 10.2 Å². The number of hydrogen-bond donors (Lipinski definition) is 1. The Bertz CT molecular complexity index is 476. The third-order valence-electron chi connectivity index (χ3n) is 1.51. The minimum atomic E-state index is -2.59. The van der Waals surface area contributed by atoms with Crippen LogP contribution >= 0.6 is 0 Å². The molecule has 7 nitrogen and oxygen atoms in total. The van der Waals surface area contributed by atoms with Crippen LogP contribution in [0, 0.1) is 0 Å². The highest BCUT2D eigenvalue weighted by atomic mass is 32.2. The van der Waals surface area contributed by atoms with E-state index in [0.29, 0.717) is 5.69 Å². The molecule has 0 aliphatic rings. The van der Waals surface area contributed by atoms with E-state index in [0.717, 1.165) is 0 Å². The lowest BCUT2D eigenvalue weighted by molar-refractivity contribution is 0.0600. The van der Waals surface area contributed by atoms with Gasteiger partial charge in [-0.15, -0.1) is 0 Å². The number of hydrogen-bond acceptors (Lipinski definition) is 7. The van der Waals surface area contributed by atoms with Gasteiger partial charge in [-0.3, -0.25) is 4.98 Å². The maximum absolute atomic E-state index is 11.1. The third kappa shape index (κ3) is 3.73. The Balaban J connectivity index is 2.82. The number of carbonyl (C=O) groups is 1. The Morgan fingerprint density at radius 3 is 2.88 bits per heavy atom. The fourth-order valence-corrected chi connectivity index (χ4v) is 1.04. The number of esters is 1. The lowest BCUT2D eigenvalue weighted by atomic mass is 10.3. The van der Waals surface area contributed by atoms with E-state index in [1.165, 1.54) is 25.6 Å². The molecule has 0 aromatic carbocycles. The molecular weight excluding hydrogens is 234 g/mol. The van der Waals surface area contributed by atoms with E-state index in [2.05, 4.69) is 19.9 Å². The van der Waals surface area contributed by atoms with Crippen LogP contribution in [-0.4, -0.2) is 32.4 Å². The lowest BCUT2D eigenvalue weighted by Gasteiger charge is -1.98. The summed E-state index contributed by atoms with van der Waals surface area (Å²) in [4.78, 5) is 14.9. The molecule has 16 heavy (non-hydrogen) atoms. The van der Waals surface area contributed by atoms with Gasteiger partial charge in [0.1, 0.15) is 5.69 Å². The second-order valence-corrected chi connectivity index (χ2v) is 3.59. The first-order valence-electron chi connectivity index (χ1n) is 4.16. The maximum Gasteiger partial charge on any atom is 0.339 e. The number of azo groups is 1. The van der Waals surface area contributed by atoms with E-state index >= 15 is 0 Å². The second-order valence-electron chi connectivity index (χ2n) is 2.64. The zero-order chi connectivity index (χ0) is 12.0. The van der Waals surface area contributed by atoms with Crippen molar-refractivity contribution in [3.05, 3.63) is 24.0 Å². The maximum atomic E-state index is 11.1. The van der Waals surface area contributed by atoms with Gasteiger partial charge < -0.3 is 4.74 Å². The summed E-state index contributed by atoms with van der Waals surface area (Å²) >= 11 is 0. The van der Waals surface area contributed by atoms with Crippen LogP contribution in [0.5, 0.6) is 0 Å². The quantitative estimate of drug-likeness (QED) is 0.472. The van der Waals surface area contributed by atoms with Crippen LogP contribution in [0.4, 0.5) is 5.69 Å². The molecule has 8 heteroatoms. The average Bonchev–Trinajstić information content (AvgIpc) is 2.28. The summed E-state index contributed by atoms with van der Waals surface area (Å²) in [7, 11) is -1.34. The smallest absolute Gasteiger partial charge is 0.339 e. The van der Waals surface area contributed by atoms with Crippen LogP contribution in [0.1, 0.15) is 10.4 Å². The number of nitrogens with zero attached hydrogens (tertiary/aromatic N) is 3. The van der Waals surface area contributed by atoms with Gasteiger partial charge in [-0.25, -0.2) is 13.2 Å². The van der Waals surface area contributed by atoms with Crippen molar-refractivity contribution in [3.8, 4) is 0 Å². The first-order chi connectivity index (χ1) is 7.63. The van der Waals surface area contributed by atoms with Crippen molar-refractivity contribution in [2.75, 3.05) is 13.0 Å². The fraction of sp³-hybridized carbons (Fsp3) is 0.250. The number of thiol groups is 1. The highest BCUT2D eigenvalue weighted by Gasteiger charge is 2.05. The molecule has 1 aromatic rings. The van der Waals surface area contributed by atoms with Gasteiger partial charge in [-0.1, -0.05) is 0 Å². The van der Waals surface area contributed by atoms with Gasteiger partial charge in [-0.2, -0.15) is 10.2 Å². The summed E-state index contributed by atoms with van der Waals surface area (Å²) in [6.45, 7) is 0.